The third-order valence-electron chi connectivity index (χ3n) is 2.70. The van der Waals surface area contributed by atoms with Crippen LogP contribution in [0.2, 0.25) is 0 Å². The lowest BCUT2D eigenvalue weighted by Crippen LogP contribution is -2.26. The molecule has 1 aromatic heterocycles. The molecule has 2 N–H and O–H groups in total. The summed E-state index contributed by atoms with van der Waals surface area (Å²) in [6, 6.07) is 2.02. The van der Waals surface area contributed by atoms with Gasteiger partial charge in [-0.05, 0) is 12.8 Å². The molecular weight excluding hydrogens is 202 g/mol. The first-order valence-electron chi connectivity index (χ1n) is 5.89. The second-order valence-electron chi connectivity index (χ2n) is 3.99. The average Bonchev–Trinajstić information content (AvgIpc) is 2.34. The smallest absolute Gasteiger partial charge is 0.216 e. The van der Waals surface area contributed by atoms with E-state index in [0.29, 0.717) is 12.5 Å². The molecule has 0 aliphatic carbocycles. The molecule has 4 heteroatoms. The van der Waals surface area contributed by atoms with Crippen LogP contribution >= 0.6 is 0 Å². The summed E-state index contributed by atoms with van der Waals surface area (Å²) in [5, 5.41) is 0. The SMILES string of the molecule is CCCOc1cc(C(C)C(N)CC)ncn1. The van der Waals surface area contributed by atoms with Gasteiger partial charge in [0.1, 0.15) is 6.33 Å². The van der Waals surface area contributed by atoms with E-state index in [1.54, 1.807) is 6.33 Å². The number of rotatable bonds is 6. The number of ether oxygens (including phenoxy) is 1. The van der Waals surface area contributed by atoms with Gasteiger partial charge < -0.3 is 10.5 Å². The Morgan fingerprint density at radius 1 is 1.38 bits per heavy atom. The van der Waals surface area contributed by atoms with E-state index in [4.69, 9.17) is 10.5 Å². The van der Waals surface area contributed by atoms with Gasteiger partial charge in [0, 0.05) is 18.0 Å². The van der Waals surface area contributed by atoms with Crippen LogP contribution in [0.15, 0.2) is 12.4 Å². The Hall–Kier alpha value is -1.16. The fourth-order valence-corrected chi connectivity index (χ4v) is 1.46. The van der Waals surface area contributed by atoms with E-state index < -0.39 is 0 Å². The molecule has 2 unspecified atom stereocenters. The first-order chi connectivity index (χ1) is 7.69. The van der Waals surface area contributed by atoms with Gasteiger partial charge in [0.2, 0.25) is 5.88 Å². The highest BCUT2D eigenvalue weighted by Gasteiger charge is 2.15. The fraction of sp³-hybridized carbons (Fsp3) is 0.667. The van der Waals surface area contributed by atoms with Gasteiger partial charge in [-0.3, -0.25) is 0 Å². The summed E-state index contributed by atoms with van der Waals surface area (Å²) in [6.07, 6.45) is 3.46. The molecule has 1 aromatic rings. The van der Waals surface area contributed by atoms with Crippen LogP contribution in [0.4, 0.5) is 0 Å². The normalized spacial score (nSPS) is 14.5. The predicted octanol–water partition coefficient (Wildman–Crippen LogP) is 2.11. The summed E-state index contributed by atoms with van der Waals surface area (Å²) in [6.45, 7) is 6.92. The minimum Gasteiger partial charge on any atom is -0.478 e. The average molecular weight is 223 g/mol. The Bertz CT molecular complexity index is 317. The predicted molar refractivity (Wildman–Crippen MR) is 64.5 cm³/mol. The molecule has 0 bridgehead atoms. The van der Waals surface area contributed by atoms with E-state index in [2.05, 4.69) is 30.7 Å². The van der Waals surface area contributed by atoms with Crippen molar-refractivity contribution in [3.05, 3.63) is 18.1 Å². The summed E-state index contributed by atoms with van der Waals surface area (Å²) >= 11 is 0. The number of hydrogen-bond acceptors (Lipinski definition) is 4. The van der Waals surface area contributed by atoms with Gasteiger partial charge in [-0.2, -0.15) is 0 Å². The zero-order chi connectivity index (χ0) is 12.0. The second-order valence-corrected chi connectivity index (χ2v) is 3.99. The summed E-state index contributed by atoms with van der Waals surface area (Å²) < 4.78 is 5.47. The number of nitrogens with two attached hydrogens (primary N) is 1. The Morgan fingerprint density at radius 3 is 2.75 bits per heavy atom. The molecule has 16 heavy (non-hydrogen) atoms. The van der Waals surface area contributed by atoms with Crippen LogP contribution < -0.4 is 10.5 Å². The van der Waals surface area contributed by atoms with E-state index in [1.807, 2.05) is 6.07 Å². The Morgan fingerprint density at radius 2 is 2.12 bits per heavy atom. The van der Waals surface area contributed by atoms with E-state index in [0.717, 1.165) is 18.5 Å². The van der Waals surface area contributed by atoms with Crippen LogP contribution in [0.1, 0.15) is 45.2 Å². The van der Waals surface area contributed by atoms with E-state index in [-0.39, 0.29) is 12.0 Å². The van der Waals surface area contributed by atoms with E-state index in [9.17, 15) is 0 Å². The van der Waals surface area contributed by atoms with Crippen LogP contribution in [0.25, 0.3) is 0 Å². The van der Waals surface area contributed by atoms with Gasteiger partial charge in [-0.15, -0.1) is 0 Å². The van der Waals surface area contributed by atoms with Crippen molar-refractivity contribution >= 4 is 0 Å². The van der Waals surface area contributed by atoms with Crippen molar-refractivity contribution in [1.29, 1.82) is 0 Å². The molecule has 0 saturated carbocycles. The van der Waals surface area contributed by atoms with Crippen molar-refractivity contribution < 1.29 is 4.74 Å². The molecule has 0 aromatic carbocycles. The summed E-state index contributed by atoms with van der Waals surface area (Å²) in [5.41, 5.74) is 6.95. The number of hydrogen-bond donors (Lipinski definition) is 1. The molecule has 0 saturated heterocycles. The van der Waals surface area contributed by atoms with E-state index >= 15 is 0 Å². The topological polar surface area (TPSA) is 61.0 Å². The highest BCUT2D eigenvalue weighted by atomic mass is 16.5. The number of nitrogens with zero attached hydrogens (tertiary/aromatic N) is 2. The van der Waals surface area contributed by atoms with Gasteiger partial charge in [0.15, 0.2) is 0 Å². The molecule has 90 valence electrons. The van der Waals surface area contributed by atoms with Gasteiger partial charge in [0.05, 0.1) is 12.3 Å². The lowest BCUT2D eigenvalue weighted by Gasteiger charge is -2.17. The van der Waals surface area contributed by atoms with Crippen molar-refractivity contribution in [2.75, 3.05) is 6.61 Å². The molecule has 4 nitrogen and oxygen atoms in total. The molecule has 0 radical (unpaired) electrons. The van der Waals surface area contributed by atoms with Gasteiger partial charge in [0.25, 0.3) is 0 Å². The molecule has 1 rings (SSSR count). The molecule has 2 atom stereocenters. The van der Waals surface area contributed by atoms with Crippen LogP contribution in [-0.2, 0) is 0 Å². The van der Waals surface area contributed by atoms with Crippen molar-refractivity contribution in [3.63, 3.8) is 0 Å². The summed E-state index contributed by atoms with van der Waals surface area (Å²) in [7, 11) is 0. The second kappa shape index (κ2) is 6.43. The molecule has 0 spiro atoms. The Balaban J connectivity index is 2.73. The van der Waals surface area contributed by atoms with E-state index in [1.165, 1.54) is 0 Å². The molecule has 0 fully saturated rings. The highest BCUT2D eigenvalue weighted by Crippen LogP contribution is 2.20. The zero-order valence-corrected chi connectivity index (χ0v) is 10.3. The maximum Gasteiger partial charge on any atom is 0.216 e. The third-order valence-corrected chi connectivity index (χ3v) is 2.70. The van der Waals surface area contributed by atoms with Crippen LogP contribution in [0.3, 0.4) is 0 Å². The zero-order valence-electron chi connectivity index (χ0n) is 10.3. The van der Waals surface area contributed by atoms with Crippen LogP contribution in [0, 0.1) is 0 Å². The number of aromatic nitrogens is 2. The molecular formula is C12H21N3O. The van der Waals surface area contributed by atoms with Crippen molar-refractivity contribution in [2.24, 2.45) is 5.73 Å². The third kappa shape index (κ3) is 3.45. The summed E-state index contributed by atoms with van der Waals surface area (Å²) in [5.74, 6) is 0.874. The summed E-state index contributed by atoms with van der Waals surface area (Å²) in [4.78, 5) is 8.32. The van der Waals surface area contributed by atoms with Gasteiger partial charge >= 0.3 is 0 Å². The first-order valence-corrected chi connectivity index (χ1v) is 5.89. The largest absolute Gasteiger partial charge is 0.478 e. The maximum atomic E-state index is 6.00. The van der Waals surface area contributed by atoms with Gasteiger partial charge in [-0.25, -0.2) is 9.97 Å². The molecule has 0 aliphatic heterocycles. The molecule has 1 heterocycles. The monoisotopic (exact) mass is 223 g/mol. The molecule has 0 aliphatic rings. The van der Waals surface area contributed by atoms with Gasteiger partial charge in [-0.1, -0.05) is 20.8 Å². The lowest BCUT2D eigenvalue weighted by atomic mass is 9.97. The minimum absolute atomic E-state index is 0.133. The fourth-order valence-electron chi connectivity index (χ4n) is 1.46. The lowest BCUT2D eigenvalue weighted by molar-refractivity contribution is 0.303. The molecule has 0 amide bonds. The van der Waals surface area contributed by atoms with Crippen molar-refractivity contribution in [3.8, 4) is 5.88 Å². The van der Waals surface area contributed by atoms with Crippen LogP contribution in [0.5, 0.6) is 5.88 Å². The quantitative estimate of drug-likeness (QED) is 0.802. The Labute approximate surface area is 97.2 Å². The van der Waals surface area contributed by atoms with Crippen LogP contribution in [-0.4, -0.2) is 22.6 Å². The minimum atomic E-state index is 0.133. The maximum absolute atomic E-state index is 6.00. The van der Waals surface area contributed by atoms with Crippen molar-refractivity contribution in [2.45, 2.75) is 45.6 Å². The first kappa shape index (κ1) is 12.9. The standard InChI is InChI=1S/C12H21N3O/c1-4-6-16-12-7-11(14-8-15-12)9(3)10(13)5-2/h7-10H,4-6,13H2,1-3H3. The highest BCUT2D eigenvalue weighted by molar-refractivity contribution is 5.17. The van der Waals surface area contributed by atoms with Crippen molar-refractivity contribution in [1.82, 2.24) is 9.97 Å². The Kier molecular flexibility index (Phi) is 5.19.